The number of imidazole rings is 1. The molecular formula is C28H27F3N6O3. The summed E-state index contributed by atoms with van der Waals surface area (Å²) in [6.45, 7) is 0.717. The number of rotatable bonds is 10. The van der Waals surface area contributed by atoms with Crippen LogP contribution in [0.15, 0.2) is 54.6 Å². The standard InChI is InChI=1S/C28H27F3N6O3/c29-28(30,31)20-11-9-19(10-12-20)16-37-21-22(32-14-13-17-7-4-8-17)34-24(27(39)40)35-23(21)36-25(37)26(38)33-15-18-5-2-1-3-6-18/h1-3,5-6,9-12,17H,4,7-8,13-16H2,(H,33,38)(H,39,40)(H,32,34,35). The lowest BCUT2D eigenvalue weighted by atomic mass is 9.83. The van der Waals surface area contributed by atoms with Gasteiger partial charge in [0.2, 0.25) is 11.6 Å². The Bertz CT molecular complexity index is 1520. The molecule has 5 rings (SSSR count). The molecule has 2 aromatic heterocycles. The van der Waals surface area contributed by atoms with Gasteiger partial charge in [-0.15, -0.1) is 0 Å². The maximum atomic E-state index is 13.3. The SMILES string of the molecule is O=C(O)c1nc(NCCC2CCC2)c2c(n1)nc(C(=O)NCc1ccccc1)n2Cc1ccc(C(F)(F)F)cc1. The van der Waals surface area contributed by atoms with Crippen molar-refractivity contribution in [1.82, 2.24) is 24.8 Å². The van der Waals surface area contributed by atoms with Crippen molar-refractivity contribution in [3.8, 4) is 0 Å². The molecule has 0 aliphatic heterocycles. The zero-order valence-electron chi connectivity index (χ0n) is 21.4. The Morgan fingerprint density at radius 2 is 1.70 bits per heavy atom. The molecule has 0 atom stereocenters. The number of carboxylic acids is 1. The van der Waals surface area contributed by atoms with Crippen molar-refractivity contribution in [2.24, 2.45) is 5.92 Å². The van der Waals surface area contributed by atoms with Crippen molar-refractivity contribution < 1.29 is 27.9 Å². The highest BCUT2D eigenvalue weighted by Crippen LogP contribution is 2.31. The molecule has 0 saturated heterocycles. The number of aromatic carboxylic acids is 1. The van der Waals surface area contributed by atoms with Gasteiger partial charge in [0.25, 0.3) is 5.91 Å². The van der Waals surface area contributed by atoms with Gasteiger partial charge in [0.15, 0.2) is 11.5 Å². The summed E-state index contributed by atoms with van der Waals surface area (Å²) in [4.78, 5) is 37.7. The van der Waals surface area contributed by atoms with Crippen molar-refractivity contribution in [3.05, 3.63) is 82.9 Å². The van der Waals surface area contributed by atoms with E-state index in [1.54, 1.807) is 0 Å². The molecule has 1 aliphatic rings. The van der Waals surface area contributed by atoms with Crippen LogP contribution >= 0.6 is 0 Å². The summed E-state index contributed by atoms with van der Waals surface area (Å²) in [6, 6.07) is 13.8. The first kappa shape index (κ1) is 27.1. The molecule has 208 valence electrons. The third-order valence-electron chi connectivity index (χ3n) is 6.99. The third-order valence-corrected chi connectivity index (χ3v) is 6.99. The Morgan fingerprint density at radius 3 is 2.33 bits per heavy atom. The first-order valence-electron chi connectivity index (χ1n) is 12.9. The van der Waals surface area contributed by atoms with E-state index in [4.69, 9.17) is 0 Å². The van der Waals surface area contributed by atoms with Crippen LogP contribution in [0.5, 0.6) is 0 Å². The minimum atomic E-state index is -4.48. The van der Waals surface area contributed by atoms with E-state index in [-0.39, 0.29) is 30.4 Å². The molecule has 3 N–H and O–H groups in total. The molecule has 1 amide bonds. The van der Waals surface area contributed by atoms with Gasteiger partial charge in [0.05, 0.1) is 12.1 Å². The first-order chi connectivity index (χ1) is 19.2. The fourth-order valence-electron chi connectivity index (χ4n) is 4.60. The lowest BCUT2D eigenvalue weighted by molar-refractivity contribution is -0.137. The normalized spacial score (nSPS) is 13.7. The van der Waals surface area contributed by atoms with Crippen LogP contribution < -0.4 is 10.6 Å². The predicted octanol–water partition coefficient (Wildman–Crippen LogP) is 5.12. The van der Waals surface area contributed by atoms with Crippen LogP contribution in [0.25, 0.3) is 11.2 Å². The Hall–Kier alpha value is -4.48. The molecule has 2 heterocycles. The average molecular weight is 553 g/mol. The number of alkyl halides is 3. The summed E-state index contributed by atoms with van der Waals surface area (Å²) in [5.41, 5.74) is 0.832. The van der Waals surface area contributed by atoms with Crippen LogP contribution in [-0.2, 0) is 19.3 Å². The van der Waals surface area contributed by atoms with Gasteiger partial charge >= 0.3 is 12.1 Å². The van der Waals surface area contributed by atoms with Gasteiger partial charge in [-0.1, -0.05) is 61.7 Å². The second-order valence-corrected chi connectivity index (χ2v) is 9.77. The monoisotopic (exact) mass is 552 g/mol. The molecule has 1 saturated carbocycles. The summed E-state index contributed by atoms with van der Waals surface area (Å²) in [5.74, 6) is -1.66. The summed E-state index contributed by atoms with van der Waals surface area (Å²) in [6.07, 6.45) is -0.155. The van der Waals surface area contributed by atoms with Crippen molar-refractivity contribution in [3.63, 3.8) is 0 Å². The maximum absolute atomic E-state index is 13.3. The van der Waals surface area contributed by atoms with Crippen molar-refractivity contribution in [2.75, 3.05) is 11.9 Å². The number of carbonyl (C=O) groups is 2. The van der Waals surface area contributed by atoms with E-state index < -0.39 is 29.4 Å². The highest BCUT2D eigenvalue weighted by molar-refractivity contribution is 5.97. The number of amides is 1. The molecule has 4 aromatic rings. The predicted molar refractivity (Wildman–Crippen MR) is 141 cm³/mol. The number of hydrogen-bond acceptors (Lipinski definition) is 6. The number of nitrogens with zero attached hydrogens (tertiary/aromatic N) is 4. The maximum Gasteiger partial charge on any atom is 0.416 e. The van der Waals surface area contributed by atoms with Crippen LogP contribution in [-0.4, -0.2) is 43.0 Å². The summed E-state index contributed by atoms with van der Waals surface area (Å²) in [5, 5.41) is 15.6. The third kappa shape index (κ3) is 6.05. The minimum absolute atomic E-state index is 0.00434. The number of hydrogen-bond donors (Lipinski definition) is 3. The number of carboxylic acid groups (broad SMARTS) is 1. The molecule has 0 spiro atoms. The number of halogens is 3. The Kier molecular flexibility index (Phi) is 7.67. The fraction of sp³-hybridized carbons (Fsp3) is 0.321. The molecule has 0 unspecified atom stereocenters. The van der Waals surface area contributed by atoms with E-state index in [9.17, 15) is 27.9 Å². The lowest BCUT2D eigenvalue weighted by Gasteiger charge is -2.25. The van der Waals surface area contributed by atoms with Crippen LogP contribution in [0.3, 0.4) is 0 Å². The second-order valence-electron chi connectivity index (χ2n) is 9.77. The lowest BCUT2D eigenvalue weighted by Crippen LogP contribution is -2.26. The van der Waals surface area contributed by atoms with Gasteiger partial charge < -0.3 is 20.3 Å². The smallest absolute Gasteiger partial charge is 0.416 e. The van der Waals surface area contributed by atoms with Crippen LogP contribution in [0, 0.1) is 5.92 Å². The van der Waals surface area contributed by atoms with Crippen molar-refractivity contribution in [1.29, 1.82) is 0 Å². The second kappa shape index (κ2) is 11.3. The van der Waals surface area contributed by atoms with Crippen LogP contribution in [0.2, 0.25) is 0 Å². The largest absolute Gasteiger partial charge is 0.475 e. The zero-order valence-corrected chi connectivity index (χ0v) is 21.4. The average Bonchev–Trinajstić information content (AvgIpc) is 3.27. The Morgan fingerprint density at radius 1 is 0.975 bits per heavy atom. The van der Waals surface area contributed by atoms with Crippen LogP contribution in [0.4, 0.5) is 19.0 Å². The number of nitrogens with one attached hydrogen (secondary N) is 2. The van der Waals surface area contributed by atoms with Gasteiger partial charge in [0.1, 0.15) is 5.52 Å². The molecule has 1 aliphatic carbocycles. The van der Waals surface area contributed by atoms with Gasteiger partial charge in [-0.05, 0) is 35.6 Å². The number of aromatic nitrogens is 4. The number of anilines is 1. The summed E-state index contributed by atoms with van der Waals surface area (Å²) < 4.78 is 40.9. The molecule has 9 nitrogen and oxygen atoms in total. The molecular weight excluding hydrogens is 525 g/mol. The van der Waals surface area contributed by atoms with Gasteiger partial charge in [-0.2, -0.15) is 13.2 Å². The molecule has 0 bridgehead atoms. The highest BCUT2D eigenvalue weighted by Gasteiger charge is 2.30. The summed E-state index contributed by atoms with van der Waals surface area (Å²) in [7, 11) is 0. The van der Waals surface area contributed by atoms with Gasteiger partial charge in [0, 0.05) is 13.1 Å². The quantitative estimate of drug-likeness (QED) is 0.250. The van der Waals surface area contributed by atoms with E-state index in [0.717, 1.165) is 37.0 Å². The fourth-order valence-corrected chi connectivity index (χ4v) is 4.60. The number of carbonyl (C=O) groups excluding carboxylic acids is 1. The Balaban J connectivity index is 1.54. The number of benzene rings is 2. The van der Waals surface area contributed by atoms with E-state index >= 15 is 0 Å². The molecule has 40 heavy (non-hydrogen) atoms. The van der Waals surface area contributed by atoms with E-state index in [0.29, 0.717) is 23.5 Å². The van der Waals surface area contributed by atoms with E-state index in [2.05, 4.69) is 25.6 Å². The van der Waals surface area contributed by atoms with E-state index in [1.807, 2.05) is 30.3 Å². The Labute approximate surface area is 227 Å². The van der Waals surface area contributed by atoms with E-state index in [1.165, 1.54) is 23.1 Å². The molecule has 2 aromatic carbocycles. The first-order valence-corrected chi connectivity index (χ1v) is 12.9. The molecule has 0 radical (unpaired) electrons. The van der Waals surface area contributed by atoms with Crippen molar-refractivity contribution >= 4 is 28.9 Å². The van der Waals surface area contributed by atoms with Crippen LogP contribution in [0.1, 0.15) is 63.6 Å². The highest BCUT2D eigenvalue weighted by atomic mass is 19.4. The number of fused-ring (bicyclic) bond motifs is 1. The van der Waals surface area contributed by atoms with Gasteiger partial charge in [-0.25, -0.2) is 19.7 Å². The van der Waals surface area contributed by atoms with Gasteiger partial charge in [-0.3, -0.25) is 4.79 Å². The minimum Gasteiger partial charge on any atom is -0.475 e. The summed E-state index contributed by atoms with van der Waals surface area (Å²) >= 11 is 0. The molecule has 1 fully saturated rings. The topological polar surface area (TPSA) is 122 Å². The zero-order chi connectivity index (χ0) is 28.3. The molecule has 12 heteroatoms. The van der Waals surface area contributed by atoms with Crippen molar-refractivity contribution in [2.45, 2.75) is 44.9 Å².